The molecule has 4 amide bonds. The molecule has 4 aliphatic heterocycles. The molecule has 502 valence electrons. The predicted octanol–water partition coefficient (Wildman–Crippen LogP) is 6.68. The zero-order valence-corrected chi connectivity index (χ0v) is 51.1. The number of esters is 1. The third-order valence-electron chi connectivity index (χ3n) is 16.9. The quantitative estimate of drug-likeness (QED) is 0.0188. The van der Waals surface area contributed by atoms with E-state index in [0.29, 0.717) is 113 Å². The second-order valence-corrected chi connectivity index (χ2v) is 23.9. The van der Waals surface area contributed by atoms with Gasteiger partial charge in [0.2, 0.25) is 11.9 Å². The normalized spacial score (nSPS) is 18.8. The smallest absolute Gasteiger partial charge is 0.407 e. The largest absolute Gasteiger partial charge is 0.459 e. The van der Waals surface area contributed by atoms with Crippen molar-refractivity contribution in [3.63, 3.8) is 0 Å². The van der Waals surface area contributed by atoms with Crippen LogP contribution in [-0.4, -0.2) is 199 Å². The monoisotopic (exact) mass is 1310 g/mol. The number of carbonyl (C=O) groups is 5. The highest BCUT2D eigenvalue weighted by atomic mass is 19.4. The Kier molecular flexibility index (Phi) is 22.7. The molecule has 6 atom stereocenters. The van der Waals surface area contributed by atoms with Crippen LogP contribution in [0.3, 0.4) is 0 Å². The zero-order chi connectivity index (χ0) is 66.9. The van der Waals surface area contributed by atoms with Crippen LogP contribution in [0.5, 0.6) is 0 Å². The second kappa shape index (κ2) is 29.8. The van der Waals surface area contributed by atoms with Crippen LogP contribution in [0.2, 0.25) is 0 Å². The first kappa shape index (κ1) is 70.0. The molecule has 4 aromatic rings. The third kappa shape index (κ3) is 17.2. The molecule has 2 aromatic carbocycles. The highest BCUT2D eigenvalue weighted by molar-refractivity contribution is 5.87. The van der Waals surface area contributed by atoms with E-state index < -0.39 is 121 Å². The molecule has 4 aliphatic rings. The van der Waals surface area contributed by atoms with Crippen molar-refractivity contribution in [1.82, 2.24) is 55.9 Å². The highest BCUT2D eigenvalue weighted by Gasteiger charge is 2.57. The lowest BCUT2D eigenvalue weighted by Crippen LogP contribution is -2.64. The highest BCUT2D eigenvalue weighted by Crippen LogP contribution is 2.42. The van der Waals surface area contributed by atoms with E-state index in [1.165, 1.54) is 24.3 Å². The summed E-state index contributed by atoms with van der Waals surface area (Å²) in [5.41, 5.74) is -4.66. The summed E-state index contributed by atoms with van der Waals surface area (Å²) < 4.78 is 176. The van der Waals surface area contributed by atoms with Crippen molar-refractivity contribution in [2.24, 2.45) is 10.8 Å². The van der Waals surface area contributed by atoms with Gasteiger partial charge in [-0.25, -0.2) is 38.0 Å². The Bertz CT molecular complexity index is 3250. The van der Waals surface area contributed by atoms with Gasteiger partial charge < -0.3 is 44.5 Å². The van der Waals surface area contributed by atoms with Gasteiger partial charge in [-0.3, -0.25) is 29.6 Å². The minimum absolute atomic E-state index is 0.118. The number of ether oxygens (including phenoxy) is 5. The van der Waals surface area contributed by atoms with E-state index in [9.17, 15) is 59.1 Å². The summed E-state index contributed by atoms with van der Waals surface area (Å²) in [6.45, 7) is 1.92. The molecule has 0 spiro atoms. The Hall–Kier alpha value is -7.86. The summed E-state index contributed by atoms with van der Waals surface area (Å²) in [6, 6.07) is 2.63. The Morgan fingerprint density at radius 1 is 0.750 bits per heavy atom. The first-order valence-corrected chi connectivity index (χ1v) is 29.5. The predicted molar refractivity (Wildman–Crippen MR) is 308 cm³/mol. The summed E-state index contributed by atoms with van der Waals surface area (Å²) in [7, 11) is 1.61. The fourth-order valence-corrected chi connectivity index (χ4v) is 11.2. The topological polar surface area (TPSA) is 236 Å². The third-order valence-corrected chi connectivity index (χ3v) is 16.9. The molecule has 4 fully saturated rings. The van der Waals surface area contributed by atoms with Crippen LogP contribution in [0.4, 0.5) is 59.4 Å². The van der Waals surface area contributed by atoms with E-state index in [1.807, 2.05) is 15.5 Å². The number of methoxy groups -OCH3 is 2. The number of alkyl halides is 8. The summed E-state index contributed by atoms with van der Waals surface area (Å²) in [5, 5.41) is 10.4. The molecule has 22 nitrogen and oxygen atoms in total. The fraction of sp³-hybridized carbons (Fsp3) is 0.567. The number of morpholine rings is 1. The van der Waals surface area contributed by atoms with Crippen molar-refractivity contribution >= 4 is 35.9 Å². The van der Waals surface area contributed by atoms with Crippen LogP contribution in [0, 0.1) is 34.3 Å². The van der Waals surface area contributed by atoms with Gasteiger partial charge in [-0.1, -0.05) is 24.0 Å². The lowest BCUT2D eigenvalue weighted by Gasteiger charge is -2.47. The van der Waals surface area contributed by atoms with Crippen LogP contribution in [-0.2, 0) is 51.0 Å². The molecule has 3 unspecified atom stereocenters. The molecule has 0 saturated carbocycles. The number of rotatable bonds is 24. The Morgan fingerprint density at radius 3 is 1.84 bits per heavy atom. The van der Waals surface area contributed by atoms with Crippen molar-refractivity contribution in [2.75, 3.05) is 84.8 Å². The van der Waals surface area contributed by atoms with E-state index >= 15 is 8.78 Å². The van der Waals surface area contributed by atoms with Crippen molar-refractivity contribution in [2.45, 2.75) is 128 Å². The molecule has 4 saturated heterocycles. The maximum absolute atomic E-state index is 16.5. The van der Waals surface area contributed by atoms with Gasteiger partial charge in [0.25, 0.3) is 5.91 Å². The van der Waals surface area contributed by atoms with Gasteiger partial charge in [0.05, 0.1) is 81.4 Å². The molecule has 0 radical (unpaired) electrons. The van der Waals surface area contributed by atoms with Crippen molar-refractivity contribution in [3.8, 4) is 23.1 Å². The van der Waals surface area contributed by atoms with Crippen molar-refractivity contribution < 1.29 is 91.6 Å². The molecule has 92 heavy (non-hydrogen) atoms. The molecule has 4 N–H and O–H groups in total. The lowest BCUT2D eigenvalue weighted by atomic mass is 9.82. The number of piperazine rings is 1. The van der Waals surface area contributed by atoms with E-state index in [2.05, 4.69) is 56.9 Å². The summed E-state index contributed by atoms with van der Waals surface area (Å²) in [6.07, 6.45) is -10.2. The number of aromatic nitrogens is 4. The standard InChI is InChI=1S/C60H72F10N12O10/c1-57(2,59(65,66)67)49(74-55(86)88-5)51(84)73-46(24-36-12-9-35(10-13-36)11-14-37-27-71-54(72-28-37)79-29-39-15-16-40(30-79)82(39)41-33-91-34-41)47(92-48(83)8-7-18-78-20-22-90-23-21-78)32-80(77-52(85)50(75-56(87)89-6)58(3,4)60(68,69)70)31-42-43(61)25-38(26-44(42)62)45-17-19-81(76-45)53(63)64/h9-10,12-13,17,19,25-28,39-41,46-47,49-50,53H,7-8,15-16,18,20-24,29-34H2,1-6H3,(H,73,84)(H,74,86)(H,75,87)(H,77,85)/t39?,40?,46-,47-,49?,50+/m0/s1. The van der Waals surface area contributed by atoms with E-state index in [-0.39, 0.29) is 34.3 Å². The van der Waals surface area contributed by atoms with Gasteiger partial charge in [0.1, 0.15) is 29.8 Å². The number of fused-ring (bicyclic) bond motifs is 2. The van der Waals surface area contributed by atoms with Gasteiger partial charge >= 0.3 is 37.1 Å². The van der Waals surface area contributed by atoms with Crippen molar-refractivity contribution in [3.05, 3.63) is 94.9 Å². The van der Waals surface area contributed by atoms with Crippen LogP contribution in [0.15, 0.2) is 61.1 Å². The number of amides is 4. The van der Waals surface area contributed by atoms with Crippen LogP contribution in [0.1, 0.15) is 82.2 Å². The van der Waals surface area contributed by atoms with Crippen LogP contribution >= 0.6 is 0 Å². The number of anilines is 1. The van der Waals surface area contributed by atoms with Crippen molar-refractivity contribution in [1.29, 1.82) is 0 Å². The van der Waals surface area contributed by atoms with E-state index in [0.717, 1.165) is 65.6 Å². The van der Waals surface area contributed by atoms with Crippen LogP contribution in [0.25, 0.3) is 11.3 Å². The summed E-state index contributed by atoms with van der Waals surface area (Å²) >= 11 is 0. The van der Waals surface area contributed by atoms with Gasteiger partial charge in [-0.2, -0.15) is 40.2 Å². The SMILES string of the molecule is COC(=O)NC(C(=O)N[C@@H](Cc1ccc(C#Cc2cnc(N3CC4CCC(C3)N4C3COC3)nc2)cc1)[C@H](CN(Cc1c(F)cc(-c2ccn(C(F)F)n2)cc1F)NC(=O)[C@@H](NC(=O)OC)C(C)(C)C(F)(F)F)OC(=O)CCCN1CCOCC1)C(C)(C)C(F)(F)F. The number of carbonyl (C=O) groups excluding carboxylic acids is 5. The number of halogens is 10. The molecule has 32 heteroatoms. The number of nitrogens with one attached hydrogen (secondary N) is 4. The first-order chi connectivity index (χ1) is 43.5. The number of alkyl carbamates (subject to hydrolysis) is 2. The molecule has 0 aliphatic carbocycles. The number of hydrogen-bond acceptors (Lipinski definition) is 17. The minimum atomic E-state index is -5.28. The molecule has 8 rings (SSSR count). The first-order valence-electron chi connectivity index (χ1n) is 29.5. The van der Waals surface area contributed by atoms with E-state index in [1.54, 1.807) is 12.4 Å². The van der Waals surface area contributed by atoms with Crippen LogP contribution < -0.4 is 26.3 Å². The van der Waals surface area contributed by atoms with Gasteiger partial charge in [0, 0.05) is 86.5 Å². The Labute approximate surface area is 523 Å². The van der Waals surface area contributed by atoms with E-state index in [4.69, 9.17) is 14.2 Å². The second-order valence-electron chi connectivity index (χ2n) is 23.9. The minimum Gasteiger partial charge on any atom is -0.459 e. The Balaban J connectivity index is 1.17. The average Bonchev–Trinajstić information content (AvgIpc) is 1.70. The van der Waals surface area contributed by atoms with Gasteiger partial charge in [-0.15, -0.1) is 0 Å². The zero-order valence-electron chi connectivity index (χ0n) is 51.1. The molecular formula is C60H72F10N12O10. The number of hydrazine groups is 1. The number of nitrogens with zero attached hydrogens (tertiary/aromatic N) is 8. The average molecular weight is 1310 g/mol. The van der Waals surface area contributed by atoms with Gasteiger partial charge in [0.15, 0.2) is 0 Å². The molecular weight excluding hydrogens is 1240 g/mol. The maximum atomic E-state index is 16.5. The summed E-state index contributed by atoms with van der Waals surface area (Å²) in [4.78, 5) is 84.7. The van der Waals surface area contributed by atoms with Gasteiger partial charge in [-0.05, 0) is 95.8 Å². The number of hydrogen-bond donors (Lipinski definition) is 4. The summed E-state index contributed by atoms with van der Waals surface area (Å²) in [5.74, 6) is -0.623. The Morgan fingerprint density at radius 2 is 1.32 bits per heavy atom. The fourth-order valence-electron chi connectivity index (χ4n) is 11.2. The lowest BCUT2D eigenvalue weighted by molar-refractivity contribution is -0.221. The number of benzene rings is 2. The molecule has 6 heterocycles. The molecule has 2 aromatic heterocycles. The molecule has 2 bridgehead atoms. The maximum Gasteiger partial charge on any atom is 0.407 e.